The number of ether oxygens (including phenoxy) is 1. The van der Waals surface area contributed by atoms with Gasteiger partial charge in [0.1, 0.15) is 6.61 Å². The Bertz CT molecular complexity index is 434. The van der Waals surface area contributed by atoms with E-state index in [0.717, 1.165) is 38.0 Å². The fourth-order valence-electron chi connectivity index (χ4n) is 2.62. The van der Waals surface area contributed by atoms with Crippen molar-refractivity contribution in [3.63, 3.8) is 0 Å². The fraction of sp³-hybridized carbons (Fsp3) is 0.588. The van der Waals surface area contributed by atoms with E-state index in [1.165, 1.54) is 0 Å². The quantitative estimate of drug-likeness (QED) is 0.875. The molecule has 0 unspecified atom stereocenters. The number of rotatable bonds is 6. The molecule has 1 saturated heterocycles. The Morgan fingerprint density at radius 2 is 2.14 bits per heavy atom. The van der Waals surface area contributed by atoms with E-state index >= 15 is 0 Å². The first-order chi connectivity index (χ1) is 10.1. The lowest BCUT2D eigenvalue weighted by molar-refractivity contribution is 0.103. The highest BCUT2D eigenvalue weighted by Gasteiger charge is 2.26. The number of nitrogens with one attached hydrogen (secondary N) is 1. The van der Waals surface area contributed by atoms with Gasteiger partial charge >= 0.3 is 6.09 Å². The van der Waals surface area contributed by atoms with Gasteiger partial charge in [-0.05, 0) is 30.9 Å². The monoisotopic (exact) mass is 290 g/mol. The lowest BCUT2D eigenvalue weighted by atomic mass is 10.1. The highest BCUT2D eigenvalue weighted by Crippen LogP contribution is 2.20. The molecule has 0 bridgehead atoms. The zero-order valence-corrected chi connectivity index (χ0v) is 13.0. The van der Waals surface area contributed by atoms with E-state index in [4.69, 9.17) is 4.74 Å². The predicted molar refractivity (Wildman–Crippen MR) is 84.1 cm³/mol. The SMILES string of the molecule is CC(C)NCC[C@H]1CCN(C(=O)OCc2ccccc2)C1. The van der Waals surface area contributed by atoms with Crippen molar-refractivity contribution in [1.29, 1.82) is 0 Å². The molecule has 2 rings (SSSR count). The summed E-state index contributed by atoms with van der Waals surface area (Å²) in [5, 5.41) is 3.43. The van der Waals surface area contributed by atoms with Gasteiger partial charge in [0, 0.05) is 19.1 Å². The third kappa shape index (κ3) is 5.38. The molecule has 0 saturated carbocycles. The largest absolute Gasteiger partial charge is 0.445 e. The number of hydrogen-bond acceptors (Lipinski definition) is 3. The molecule has 0 spiro atoms. The molecule has 116 valence electrons. The van der Waals surface area contributed by atoms with Crippen LogP contribution in [0.1, 0.15) is 32.3 Å². The second-order valence-corrected chi connectivity index (χ2v) is 6.04. The average Bonchev–Trinajstić information content (AvgIpc) is 2.94. The summed E-state index contributed by atoms with van der Waals surface area (Å²) in [6.07, 6.45) is 2.03. The minimum absolute atomic E-state index is 0.182. The zero-order valence-electron chi connectivity index (χ0n) is 13.0. The number of hydrogen-bond donors (Lipinski definition) is 1. The van der Waals surface area contributed by atoms with Crippen molar-refractivity contribution in [2.75, 3.05) is 19.6 Å². The van der Waals surface area contributed by atoms with Gasteiger partial charge in [-0.3, -0.25) is 0 Å². The van der Waals surface area contributed by atoms with Crippen LogP contribution < -0.4 is 5.32 Å². The van der Waals surface area contributed by atoms with Crippen LogP contribution in [0.15, 0.2) is 30.3 Å². The molecule has 1 aromatic rings. The standard InChI is InChI=1S/C17H26N2O2/c1-14(2)18-10-8-15-9-11-19(12-15)17(20)21-13-16-6-4-3-5-7-16/h3-7,14-15,18H,8-13H2,1-2H3/t15-/m0/s1. The van der Waals surface area contributed by atoms with Gasteiger partial charge in [0.2, 0.25) is 0 Å². The summed E-state index contributed by atoms with van der Waals surface area (Å²) in [6, 6.07) is 10.3. The maximum atomic E-state index is 12.0. The van der Waals surface area contributed by atoms with Gasteiger partial charge in [0.15, 0.2) is 0 Å². The lowest BCUT2D eigenvalue weighted by Gasteiger charge is -2.17. The molecule has 1 fully saturated rings. The van der Waals surface area contributed by atoms with Crippen LogP contribution in [0.5, 0.6) is 0 Å². The highest BCUT2D eigenvalue weighted by atomic mass is 16.6. The number of likely N-dealkylation sites (tertiary alicyclic amines) is 1. The molecule has 1 amide bonds. The highest BCUT2D eigenvalue weighted by molar-refractivity contribution is 5.68. The predicted octanol–water partition coefficient (Wildman–Crippen LogP) is 3.03. The molecule has 1 aromatic carbocycles. The first-order valence-electron chi connectivity index (χ1n) is 7.84. The van der Waals surface area contributed by atoms with Crippen LogP contribution in [0, 0.1) is 5.92 Å². The van der Waals surface area contributed by atoms with Crippen LogP contribution in [0.4, 0.5) is 4.79 Å². The van der Waals surface area contributed by atoms with Crippen LogP contribution in [0.2, 0.25) is 0 Å². The Hall–Kier alpha value is -1.55. The van der Waals surface area contributed by atoms with Crippen molar-refractivity contribution in [1.82, 2.24) is 10.2 Å². The van der Waals surface area contributed by atoms with Crippen molar-refractivity contribution in [3.8, 4) is 0 Å². The number of carbonyl (C=O) groups excluding carboxylic acids is 1. The van der Waals surface area contributed by atoms with Crippen LogP contribution in [0.25, 0.3) is 0 Å². The first-order valence-corrected chi connectivity index (χ1v) is 7.84. The number of carbonyl (C=O) groups is 1. The van der Waals surface area contributed by atoms with Gasteiger partial charge in [0.25, 0.3) is 0 Å². The summed E-state index contributed by atoms with van der Waals surface area (Å²) < 4.78 is 5.37. The van der Waals surface area contributed by atoms with Gasteiger partial charge in [-0.15, -0.1) is 0 Å². The number of nitrogens with zero attached hydrogens (tertiary/aromatic N) is 1. The summed E-state index contributed by atoms with van der Waals surface area (Å²) >= 11 is 0. The lowest BCUT2D eigenvalue weighted by Crippen LogP contribution is -2.30. The van der Waals surface area contributed by atoms with Gasteiger partial charge in [-0.1, -0.05) is 44.2 Å². The van der Waals surface area contributed by atoms with Crippen LogP contribution in [-0.2, 0) is 11.3 Å². The summed E-state index contributed by atoms with van der Waals surface area (Å²) in [4.78, 5) is 13.9. The van der Waals surface area contributed by atoms with E-state index in [-0.39, 0.29) is 6.09 Å². The molecule has 0 aromatic heterocycles. The Balaban J connectivity index is 1.67. The average molecular weight is 290 g/mol. The number of benzene rings is 1. The minimum Gasteiger partial charge on any atom is -0.445 e. The third-order valence-electron chi connectivity index (χ3n) is 3.85. The van der Waals surface area contributed by atoms with Gasteiger partial charge in [-0.2, -0.15) is 0 Å². The molecule has 4 nitrogen and oxygen atoms in total. The molecular formula is C17H26N2O2. The summed E-state index contributed by atoms with van der Waals surface area (Å²) in [5.41, 5.74) is 1.03. The number of amides is 1. The van der Waals surface area contributed by atoms with E-state index in [1.54, 1.807) is 0 Å². The summed E-state index contributed by atoms with van der Waals surface area (Å²) in [7, 11) is 0. The summed E-state index contributed by atoms with van der Waals surface area (Å²) in [6.45, 7) is 7.34. The minimum atomic E-state index is -0.182. The second-order valence-electron chi connectivity index (χ2n) is 6.04. The normalized spacial score (nSPS) is 18.2. The van der Waals surface area contributed by atoms with Crippen molar-refractivity contribution < 1.29 is 9.53 Å². The molecular weight excluding hydrogens is 264 g/mol. The van der Waals surface area contributed by atoms with Crippen LogP contribution >= 0.6 is 0 Å². The molecule has 0 radical (unpaired) electrons. The molecule has 21 heavy (non-hydrogen) atoms. The van der Waals surface area contributed by atoms with Gasteiger partial charge in [0.05, 0.1) is 0 Å². The van der Waals surface area contributed by atoms with Crippen LogP contribution in [-0.4, -0.2) is 36.7 Å². The van der Waals surface area contributed by atoms with E-state index in [2.05, 4.69) is 19.2 Å². The van der Waals surface area contributed by atoms with Crippen LogP contribution in [0.3, 0.4) is 0 Å². The fourth-order valence-corrected chi connectivity index (χ4v) is 2.62. The molecule has 4 heteroatoms. The Labute approximate surface area is 127 Å². The van der Waals surface area contributed by atoms with Gasteiger partial charge in [-0.25, -0.2) is 4.79 Å². The van der Waals surface area contributed by atoms with Crippen molar-refractivity contribution in [3.05, 3.63) is 35.9 Å². The maximum absolute atomic E-state index is 12.0. The Morgan fingerprint density at radius 1 is 1.38 bits per heavy atom. The van der Waals surface area contributed by atoms with E-state index < -0.39 is 0 Å². The molecule has 1 N–H and O–H groups in total. The topological polar surface area (TPSA) is 41.6 Å². The third-order valence-corrected chi connectivity index (χ3v) is 3.85. The van der Waals surface area contributed by atoms with E-state index in [1.807, 2.05) is 35.2 Å². The van der Waals surface area contributed by atoms with Crippen molar-refractivity contribution >= 4 is 6.09 Å². The molecule has 1 aliphatic rings. The van der Waals surface area contributed by atoms with Gasteiger partial charge < -0.3 is 15.0 Å². The summed E-state index contributed by atoms with van der Waals surface area (Å²) in [5.74, 6) is 0.598. The first kappa shape index (κ1) is 15.8. The molecule has 1 heterocycles. The van der Waals surface area contributed by atoms with Crippen molar-refractivity contribution in [2.24, 2.45) is 5.92 Å². The van der Waals surface area contributed by atoms with E-state index in [0.29, 0.717) is 18.6 Å². The zero-order chi connectivity index (χ0) is 15.1. The maximum Gasteiger partial charge on any atom is 0.410 e. The smallest absolute Gasteiger partial charge is 0.410 e. The molecule has 0 aliphatic carbocycles. The second kappa shape index (κ2) is 8.03. The Kier molecular flexibility index (Phi) is 6.05. The van der Waals surface area contributed by atoms with Crippen molar-refractivity contribution in [2.45, 2.75) is 39.3 Å². The molecule has 1 atom stereocenters. The Morgan fingerprint density at radius 3 is 2.86 bits per heavy atom. The molecule has 1 aliphatic heterocycles. The van der Waals surface area contributed by atoms with E-state index in [9.17, 15) is 4.79 Å².